The molecule has 15 heavy (non-hydrogen) atoms. The average molecular weight is 233 g/mol. The molecule has 0 aliphatic heterocycles. The van der Waals surface area contributed by atoms with Crippen LogP contribution in [0.4, 0.5) is 0 Å². The van der Waals surface area contributed by atoms with Crippen LogP contribution in [0.15, 0.2) is 54.6 Å². The molecule has 0 saturated carbocycles. The zero-order chi connectivity index (χ0) is 10.7. The molecule has 2 heteroatoms. The third-order valence-corrected chi connectivity index (χ3v) is 5.91. The van der Waals surface area contributed by atoms with E-state index in [1.807, 2.05) is 18.2 Å². The van der Waals surface area contributed by atoms with Gasteiger partial charge < -0.3 is 0 Å². The summed E-state index contributed by atoms with van der Waals surface area (Å²) in [5.41, 5.74) is 1.28. The molecule has 0 radical (unpaired) electrons. The molecule has 0 aromatic heterocycles. The number of benzene rings is 2. The molecule has 0 spiro atoms. The molecule has 1 unspecified atom stereocenters. The van der Waals surface area contributed by atoms with Crippen LogP contribution in [0.25, 0.3) is 0 Å². The van der Waals surface area contributed by atoms with Crippen molar-refractivity contribution in [3.63, 3.8) is 0 Å². The average Bonchev–Trinajstić information content (AvgIpc) is 2.30. The summed E-state index contributed by atoms with van der Waals surface area (Å²) < 4.78 is 0. The largest absolute Gasteiger partial charge is 0.201 e. The molecule has 0 nitrogen and oxygen atoms in total. The summed E-state index contributed by atoms with van der Waals surface area (Å²) in [6, 6.07) is 18.9. The van der Waals surface area contributed by atoms with E-state index in [9.17, 15) is 0 Å². The topological polar surface area (TPSA) is 0 Å². The second-order valence-corrected chi connectivity index (χ2v) is 7.05. The standard InChI is InChI=1S/C13H13ClSi/c1-11-7-9-13(10-8-11)15(14)12-5-3-2-4-6-12/h2-10,15H,1H3. The molecular formula is C13H13ClSi. The second kappa shape index (κ2) is 4.64. The Bertz CT molecular complexity index is 422. The van der Waals surface area contributed by atoms with E-state index in [0.29, 0.717) is 0 Å². The SMILES string of the molecule is Cc1ccc([SiH](Cl)c2ccccc2)cc1. The maximum atomic E-state index is 6.52. The fourth-order valence-electron chi connectivity index (χ4n) is 1.55. The van der Waals surface area contributed by atoms with Crippen LogP contribution in [0.2, 0.25) is 0 Å². The van der Waals surface area contributed by atoms with Crippen molar-refractivity contribution in [1.82, 2.24) is 0 Å². The van der Waals surface area contributed by atoms with Crippen LogP contribution in [0.5, 0.6) is 0 Å². The van der Waals surface area contributed by atoms with E-state index in [1.54, 1.807) is 0 Å². The van der Waals surface area contributed by atoms with Crippen LogP contribution in [-0.4, -0.2) is 8.11 Å². The van der Waals surface area contributed by atoms with Crippen molar-refractivity contribution in [2.45, 2.75) is 6.92 Å². The summed E-state index contributed by atoms with van der Waals surface area (Å²) in [7, 11) is -1.47. The second-order valence-electron chi connectivity index (χ2n) is 3.68. The maximum absolute atomic E-state index is 6.52. The van der Waals surface area contributed by atoms with Crippen molar-refractivity contribution in [2.75, 3.05) is 0 Å². The van der Waals surface area contributed by atoms with Crippen LogP contribution in [0.1, 0.15) is 5.56 Å². The summed E-state index contributed by atoms with van der Waals surface area (Å²) in [5.74, 6) is 0. The molecule has 76 valence electrons. The van der Waals surface area contributed by atoms with Crippen LogP contribution in [-0.2, 0) is 0 Å². The van der Waals surface area contributed by atoms with Gasteiger partial charge in [0.05, 0.1) is 0 Å². The van der Waals surface area contributed by atoms with E-state index in [0.717, 1.165) is 0 Å². The Morgan fingerprint density at radius 1 is 0.800 bits per heavy atom. The van der Waals surface area contributed by atoms with Gasteiger partial charge in [-0.3, -0.25) is 0 Å². The smallest absolute Gasteiger partial charge is 0.159 e. The Hall–Kier alpha value is -1.05. The third-order valence-electron chi connectivity index (χ3n) is 2.46. The van der Waals surface area contributed by atoms with Gasteiger partial charge in [0.25, 0.3) is 0 Å². The summed E-state index contributed by atoms with van der Waals surface area (Å²) in [4.78, 5) is 0. The zero-order valence-corrected chi connectivity index (χ0v) is 10.6. The highest BCUT2D eigenvalue weighted by Gasteiger charge is 2.11. The number of halogens is 1. The van der Waals surface area contributed by atoms with Gasteiger partial charge in [-0.2, -0.15) is 11.1 Å². The summed E-state index contributed by atoms with van der Waals surface area (Å²) in [5, 5.41) is 2.57. The molecule has 0 aliphatic carbocycles. The van der Waals surface area contributed by atoms with Crippen LogP contribution < -0.4 is 10.4 Å². The number of hydrogen-bond acceptors (Lipinski definition) is 0. The van der Waals surface area contributed by atoms with E-state index < -0.39 is 8.11 Å². The number of hydrogen-bond donors (Lipinski definition) is 0. The molecule has 0 aliphatic rings. The van der Waals surface area contributed by atoms with Gasteiger partial charge in [-0.15, -0.1) is 0 Å². The van der Waals surface area contributed by atoms with Gasteiger partial charge in [0.2, 0.25) is 8.11 Å². The molecule has 0 bridgehead atoms. The summed E-state index contributed by atoms with van der Waals surface area (Å²) in [6.45, 7) is 2.09. The van der Waals surface area contributed by atoms with Crippen LogP contribution in [0, 0.1) is 6.92 Å². The molecule has 0 heterocycles. The van der Waals surface area contributed by atoms with Gasteiger partial charge in [-0.25, -0.2) is 0 Å². The Kier molecular flexibility index (Phi) is 3.24. The Morgan fingerprint density at radius 2 is 1.33 bits per heavy atom. The first-order chi connectivity index (χ1) is 7.27. The van der Waals surface area contributed by atoms with Crippen molar-refractivity contribution in [1.29, 1.82) is 0 Å². The van der Waals surface area contributed by atoms with Crippen molar-refractivity contribution >= 4 is 29.6 Å². The first-order valence-corrected chi connectivity index (χ1v) is 7.93. The van der Waals surface area contributed by atoms with Crippen molar-refractivity contribution in [3.8, 4) is 0 Å². The molecule has 0 saturated heterocycles. The lowest BCUT2D eigenvalue weighted by Crippen LogP contribution is -2.36. The highest BCUT2D eigenvalue weighted by atomic mass is 35.6. The fraction of sp³-hybridized carbons (Fsp3) is 0.0769. The van der Waals surface area contributed by atoms with Crippen molar-refractivity contribution < 1.29 is 0 Å². The first kappa shape index (κ1) is 10.5. The van der Waals surface area contributed by atoms with Gasteiger partial charge in [-0.05, 0) is 17.3 Å². The molecule has 0 fully saturated rings. The molecule has 2 aromatic carbocycles. The van der Waals surface area contributed by atoms with Gasteiger partial charge in [0.1, 0.15) is 0 Å². The van der Waals surface area contributed by atoms with Gasteiger partial charge in [0.15, 0.2) is 0 Å². The highest BCUT2D eigenvalue weighted by Crippen LogP contribution is 1.98. The fourth-order valence-corrected chi connectivity index (χ4v) is 3.90. The Labute approximate surface area is 96.8 Å². The quantitative estimate of drug-likeness (QED) is 0.550. The molecule has 1 atom stereocenters. The minimum absolute atomic E-state index is 1.28. The van der Waals surface area contributed by atoms with E-state index >= 15 is 0 Å². The summed E-state index contributed by atoms with van der Waals surface area (Å²) in [6.07, 6.45) is 0. The van der Waals surface area contributed by atoms with Crippen molar-refractivity contribution in [2.24, 2.45) is 0 Å². The van der Waals surface area contributed by atoms with Crippen LogP contribution >= 0.6 is 11.1 Å². The van der Waals surface area contributed by atoms with E-state index in [-0.39, 0.29) is 0 Å². The lowest BCUT2D eigenvalue weighted by Gasteiger charge is -2.08. The molecule has 2 rings (SSSR count). The minimum atomic E-state index is -1.47. The Morgan fingerprint density at radius 3 is 1.93 bits per heavy atom. The minimum Gasteiger partial charge on any atom is -0.159 e. The normalized spacial score (nSPS) is 12.4. The van der Waals surface area contributed by atoms with Gasteiger partial charge >= 0.3 is 0 Å². The molecule has 0 amide bonds. The third kappa shape index (κ3) is 2.49. The predicted octanol–water partition coefficient (Wildman–Crippen LogP) is 2.07. The predicted molar refractivity (Wildman–Crippen MR) is 69.9 cm³/mol. The number of rotatable bonds is 2. The zero-order valence-electron chi connectivity index (χ0n) is 8.65. The molecular weight excluding hydrogens is 220 g/mol. The Balaban J connectivity index is 2.29. The number of aryl methyl sites for hydroxylation is 1. The molecule has 0 N–H and O–H groups in total. The van der Waals surface area contributed by atoms with E-state index in [2.05, 4.69) is 43.3 Å². The highest BCUT2D eigenvalue weighted by molar-refractivity contribution is 7.21. The van der Waals surface area contributed by atoms with Gasteiger partial charge in [-0.1, -0.05) is 60.2 Å². The van der Waals surface area contributed by atoms with Gasteiger partial charge in [0, 0.05) is 0 Å². The summed E-state index contributed by atoms with van der Waals surface area (Å²) >= 11 is 6.52. The monoisotopic (exact) mass is 232 g/mol. The van der Waals surface area contributed by atoms with E-state index in [4.69, 9.17) is 11.1 Å². The van der Waals surface area contributed by atoms with Crippen molar-refractivity contribution in [3.05, 3.63) is 60.2 Å². The molecule has 2 aromatic rings. The van der Waals surface area contributed by atoms with Crippen LogP contribution in [0.3, 0.4) is 0 Å². The van der Waals surface area contributed by atoms with E-state index in [1.165, 1.54) is 15.9 Å². The maximum Gasteiger partial charge on any atom is 0.201 e. The lowest BCUT2D eigenvalue weighted by atomic mass is 10.2. The lowest BCUT2D eigenvalue weighted by molar-refractivity contribution is 1.49. The first-order valence-electron chi connectivity index (χ1n) is 5.03.